The number of hydrogen-bond acceptors (Lipinski definition) is 3. The normalized spacial score (nSPS) is 20.5. The minimum atomic E-state index is -1.19. The van der Waals surface area contributed by atoms with E-state index in [0.717, 1.165) is 0 Å². The Bertz CT molecular complexity index is 959. The summed E-state index contributed by atoms with van der Waals surface area (Å²) in [6, 6.07) is 11.1. The second-order valence-electron chi connectivity index (χ2n) is 7.83. The third-order valence-corrected chi connectivity index (χ3v) is 5.91. The Labute approximate surface area is 173 Å². The lowest BCUT2D eigenvalue weighted by molar-refractivity contribution is -0.146. The van der Waals surface area contributed by atoms with E-state index in [2.05, 4.69) is 0 Å². The van der Waals surface area contributed by atoms with E-state index in [0.29, 0.717) is 54.2 Å². The lowest BCUT2D eigenvalue weighted by Crippen LogP contribution is -2.57. The first kappa shape index (κ1) is 19.9. The van der Waals surface area contributed by atoms with Crippen molar-refractivity contribution in [1.82, 2.24) is 9.80 Å². The Morgan fingerprint density at radius 2 is 1.83 bits per heavy atom. The van der Waals surface area contributed by atoms with Crippen LogP contribution < -0.4 is 0 Å². The highest BCUT2D eigenvalue weighted by atomic mass is 35.5. The molecule has 0 spiro atoms. The molecule has 1 atom stereocenters. The molecule has 1 N–H and O–H groups in total. The van der Waals surface area contributed by atoms with Gasteiger partial charge in [-0.05, 0) is 55.7 Å². The predicted octanol–water partition coefficient (Wildman–Crippen LogP) is 3.34. The molecule has 2 amide bonds. The van der Waals surface area contributed by atoms with E-state index in [9.17, 15) is 19.1 Å². The first-order chi connectivity index (χ1) is 13.8. The number of piperazine rings is 1. The van der Waals surface area contributed by atoms with Crippen LogP contribution in [0.1, 0.15) is 30.1 Å². The zero-order valence-electron chi connectivity index (χ0n) is 16.1. The van der Waals surface area contributed by atoms with Gasteiger partial charge >= 0.3 is 0 Å². The molecule has 0 aromatic heterocycles. The SMILES string of the molecule is C[C@@H]1CN(C(=O)c2ccc(-c3ccc(Cl)cc3F)cc2)CCN1C(=O)C1(O)CC1. The summed E-state index contributed by atoms with van der Waals surface area (Å²) in [6.07, 6.45) is 1.02. The highest BCUT2D eigenvalue weighted by Crippen LogP contribution is 2.37. The molecule has 2 aliphatic rings. The summed E-state index contributed by atoms with van der Waals surface area (Å²) in [5.41, 5.74) is 0.410. The molecule has 2 aromatic carbocycles. The molecule has 1 aliphatic carbocycles. The maximum Gasteiger partial charge on any atom is 0.254 e. The van der Waals surface area contributed by atoms with Gasteiger partial charge in [0.15, 0.2) is 0 Å². The van der Waals surface area contributed by atoms with E-state index in [-0.39, 0.29) is 17.9 Å². The summed E-state index contributed by atoms with van der Waals surface area (Å²) >= 11 is 5.80. The number of carbonyl (C=O) groups is 2. The fraction of sp³-hybridized carbons (Fsp3) is 0.364. The fourth-order valence-corrected chi connectivity index (χ4v) is 3.90. The third-order valence-electron chi connectivity index (χ3n) is 5.67. The van der Waals surface area contributed by atoms with E-state index in [1.165, 1.54) is 6.07 Å². The Hall–Kier alpha value is -2.44. The number of nitrogens with zero attached hydrogens (tertiary/aromatic N) is 2. The quantitative estimate of drug-likeness (QED) is 0.834. The molecule has 0 unspecified atom stereocenters. The molecule has 29 heavy (non-hydrogen) atoms. The maximum atomic E-state index is 14.1. The summed E-state index contributed by atoms with van der Waals surface area (Å²) in [5, 5.41) is 10.4. The van der Waals surface area contributed by atoms with E-state index in [4.69, 9.17) is 11.6 Å². The molecule has 2 aromatic rings. The van der Waals surface area contributed by atoms with E-state index >= 15 is 0 Å². The summed E-state index contributed by atoms with van der Waals surface area (Å²) in [6.45, 7) is 3.12. The van der Waals surface area contributed by atoms with Gasteiger partial charge in [0, 0.05) is 41.8 Å². The van der Waals surface area contributed by atoms with Gasteiger partial charge in [-0.15, -0.1) is 0 Å². The number of carbonyl (C=O) groups excluding carboxylic acids is 2. The topological polar surface area (TPSA) is 60.9 Å². The molecule has 4 rings (SSSR count). The summed E-state index contributed by atoms with van der Waals surface area (Å²) in [5.74, 6) is -0.771. The zero-order chi connectivity index (χ0) is 20.8. The van der Waals surface area contributed by atoms with Crippen LogP contribution in [0.2, 0.25) is 5.02 Å². The van der Waals surface area contributed by atoms with Crippen molar-refractivity contribution >= 4 is 23.4 Å². The van der Waals surface area contributed by atoms with Crippen molar-refractivity contribution in [2.24, 2.45) is 0 Å². The Morgan fingerprint density at radius 1 is 1.14 bits per heavy atom. The Kier molecular flexibility index (Phi) is 5.09. The van der Waals surface area contributed by atoms with Crippen LogP contribution in [0.25, 0.3) is 11.1 Å². The first-order valence-corrected chi connectivity index (χ1v) is 10.0. The van der Waals surface area contributed by atoms with E-state index in [1.807, 2.05) is 6.92 Å². The highest BCUT2D eigenvalue weighted by Gasteiger charge is 2.51. The molecule has 5 nitrogen and oxygen atoms in total. The van der Waals surface area contributed by atoms with Gasteiger partial charge in [-0.25, -0.2) is 4.39 Å². The van der Waals surface area contributed by atoms with Crippen molar-refractivity contribution in [3.63, 3.8) is 0 Å². The third kappa shape index (κ3) is 3.87. The van der Waals surface area contributed by atoms with Crippen LogP contribution in [-0.4, -0.2) is 58.0 Å². The van der Waals surface area contributed by atoms with Crippen LogP contribution in [0.5, 0.6) is 0 Å². The van der Waals surface area contributed by atoms with Gasteiger partial charge in [-0.3, -0.25) is 9.59 Å². The molecule has 2 fully saturated rings. The summed E-state index contributed by atoms with van der Waals surface area (Å²) in [4.78, 5) is 28.6. The molecule has 0 radical (unpaired) electrons. The fourth-order valence-electron chi connectivity index (χ4n) is 3.74. The van der Waals surface area contributed by atoms with Crippen molar-refractivity contribution in [3.05, 3.63) is 58.9 Å². The second kappa shape index (κ2) is 7.43. The van der Waals surface area contributed by atoms with Crippen molar-refractivity contribution in [3.8, 4) is 11.1 Å². The zero-order valence-corrected chi connectivity index (χ0v) is 16.8. The van der Waals surface area contributed by atoms with Gasteiger partial charge < -0.3 is 14.9 Å². The predicted molar refractivity (Wildman–Crippen MR) is 108 cm³/mol. The summed E-state index contributed by atoms with van der Waals surface area (Å²) in [7, 11) is 0. The van der Waals surface area contributed by atoms with Crippen LogP contribution in [0.4, 0.5) is 4.39 Å². The molecule has 1 aliphatic heterocycles. The van der Waals surface area contributed by atoms with E-state index < -0.39 is 11.4 Å². The van der Waals surface area contributed by atoms with Gasteiger partial charge in [0.05, 0.1) is 0 Å². The maximum absolute atomic E-state index is 14.1. The number of aliphatic hydroxyl groups is 1. The lowest BCUT2D eigenvalue weighted by Gasteiger charge is -2.40. The lowest BCUT2D eigenvalue weighted by atomic mass is 10.0. The van der Waals surface area contributed by atoms with Crippen LogP contribution in [0.3, 0.4) is 0 Å². The van der Waals surface area contributed by atoms with Crippen molar-refractivity contribution < 1.29 is 19.1 Å². The molecule has 7 heteroatoms. The molecule has 1 saturated carbocycles. The van der Waals surface area contributed by atoms with Crippen molar-refractivity contribution in [1.29, 1.82) is 0 Å². The van der Waals surface area contributed by atoms with Gasteiger partial charge in [0.25, 0.3) is 11.8 Å². The molecular formula is C22H22ClFN2O3. The largest absolute Gasteiger partial charge is 0.380 e. The minimum Gasteiger partial charge on any atom is -0.380 e. The Balaban J connectivity index is 1.44. The van der Waals surface area contributed by atoms with Gasteiger partial charge in [-0.2, -0.15) is 0 Å². The number of hydrogen-bond donors (Lipinski definition) is 1. The van der Waals surface area contributed by atoms with Crippen molar-refractivity contribution in [2.75, 3.05) is 19.6 Å². The highest BCUT2D eigenvalue weighted by molar-refractivity contribution is 6.30. The Morgan fingerprint density at radius 3 is 2.41 bits per heavy atom. The number of amides is 2. The van der Waals surface area contributed by atoms with Crippen LogP contribution in [0.15, 0.2) is 42.5 Å². The second-order valence-corrected chi connectivity index (χ2v) is 8.27. The number of benzene rings is 2. The molecular weight excluding hydrogens is 395 g/mol. The summed E-state index contributed by atoms with van der Waals surface area (Å²) < 4.78 is 14.1. The molecule has 1 heterocycles. The standard InChI is InChI=1S/C22H22ClFN2O3/c1-14-13-25(10-11-26(14)21(28)22(29)8-9-22)20(27)16-4-2-15(3-5-16)18-7-6-17(23)12-19(18)24/h2-7,12,14,29H,8-11,13H2,1H3/t14-/m1/s1. The van der Waals surface area contributed by atoms with Gasteiger partial charge in [0.1, 0.15) is 11.4 Å². The molecule has 0 bridgehead atoms. The van der Waals surface area contributed by atoms with Crippen LogP contribution in [0, 0.1) is 5.82 Å². The van der Waals surface area contributed by atoms with Crippen LogP contribution >= 0.6 is 11.6 Å². The number of rotatable bonds is 3. The molecule has 152 valence electrons. The monoisotopic (exact) mass is 416 g/mol. The van der Waals surface area contributed by atoms with Gasteiger partial charge in [0.2, 0.25) is 0 Å². The van der Waals surface area contributed by atoms with Gasteiger partial charge in [-0.1, -0.05) is 23.7 Å². The first-order valence-electron chi connectivity index (χ1n) is 9.67. The number of halogens is 2. The average Bonchev–Trinajstić information content (AvgIpc) is 3.46. The average molecular weight is 417 g/mol. The smallest absolute Gasteiger partial charge is 0.254 e. The van der Waals surface area contributed by atoms with Crippen molar-refractivity contribution in [2.45, 2.75) is 31.4 Å². The van der Waals surface area contributed by atoms with E-state index in [1.54, 1.807) is 46.2 Å². The van der Waals surface area contributed by atoms with Crippen LogP contribution in [-0.2, 0) is 4.79 Å². The molecule has 1 saturated heterocycles. The minimum absolute atomic E-state index is 0.128.